The third-order valence-electron chi connectivity index (χ3n) is 4.12. The minimum Gasteiger partial charge on any atom is -0.484 e. The number of rotatable bonds is 5. The predicted molar refractivity (Wildman–Crippen MR) is 81.1 cm³/mol. The lowest BCUT2D eigenvalue weighted by Crippen LogP contribution is -2.29. The van der Waals surface area contributed by atoms with Crippen molar-refractivity contribution in [2.24, 2.45) is 0 Å². The summed E-state index contributed by atoms with van der Waals surface area (Å²) in [6.45, 7) is 1.26. The number of aromatic nitrogens is 3. The number of hydrogen-bond donors (Lipinski definition) is 1. The maximum absolute atomic E-state index is 5.73. The van der Waals surface area contributed by atoms with E-state index in [0.29, 0.717) is 31.4 Å². The van der Waals surface area contributed by atoms with Gasteiger partial charge in [-0.1, -0.05) is 0 Å². The number of H-pyrrole nitrogens is 1. The molecule has 0 saturated carbocycles. The van der Waals surface area contributed by atoms with Crippen LogP contribution in [0.4, 0.5) is 0 Å². The third kappa shape index (κ3) is 2.58. The molecule has 1 saturated heterocycles. The molecule has 1 N–H and O–H groups in total. The summed E-state index contributed by atoms with van der Waals surface area (Å²) in [6, 6.07) is 7.83. The maximum atomic E-state index is 5.73. The lowest BCUT2D eigenvalue weighted by Gasteiger charge is -2.20. The second kappa shape index (κ2) is 5.68. The Morgan fingerprint density at radius 1 is 1.30 bits per heavy atom. The van der Waals surface area contributed by atoms with Crippen LogP contribution in [0.15, 0.2) is 34.9 Å². The van der Waals surface area contributed by atoms with E-state index in [1.54, 1.807) is 7.11 Å². The van der Waals surface area contributed by atoms with Crippen molar-refractivity contribution in [2.75, 3.05) is 20.3 Å². The highest BCUT2D eigenvalue weighted by molar-refractivity contribution is 5.80. The molecule has 1 unspecified atom stereocenters. The van der Waals surface area contributed by atoms with Crippen LogP contribution in [0.25, 0.3) is 10.9 Å². The molecule has 0 spiro atoms. The van der Waals surface area contributed by atoms with Gasteiger partial charge in [0, 0.05) is 30.6 Å². The Morgan fingerprint density at radius 2 is 2.26 bits per heavy atom. The summed E-state index contributed by atoms with van der Waals surface area (Å²) in [6.07, 6.45) is 2.60. The Hall–Kier alpha value is -2.38. The summed E-state index contributed by atoms with van der Waals surface area (Å²) in [5.74, 6) is 1.61. The lowest BCUT2D eigenvalue weighted by molar-refractivity contribution is -0.0420. The van der Waals surface area contributed by atoms with E-state index in [1.807, 2.05) is 30.5 Å². The SMILES string of the molecule is COC1(c2nnc(COc3ccc4[nH]ccc4c3)o2)CCOC1. The van der Waals surface area contributed by atoms with Gasteiger partial charge in [0.05, 0.1) is 13.2 Å². The van der Waals surface area contributed by atoms with Crippen LogP contribution in [0.2, 0.25) is 0 Å². The minimum absolute atomic E-state index is 0.212. The number of ether oxygens (including phenoxy) is 3. The van der Waals surface area contributed by atoms with Crippen molar-refractivity contribution in [3.05, 3.63) is 42.2 Å². The molecule has 4 rings (SSSR count). The Balaban J connectivity index is 1.47. The van der Waals surface area contributed by atoms with Crippen molar-refractivity contribution in [1.29, 1.82) is 0 Å². The molecule has 1 aromatic carbocycles. The van der Waals surface area contributed by atoms with E-state index in [2.05, 4.69) is 15.2 Å². The molecular formula is C16H17N3O4. The van der Waals surface area contributed by atoms with Gasteiger partial charge in [0.2, 0.25) is 0 Å². The zero-order valence-corrected chi connectivity index (χ0v) is 12.7. The van der Waals surface area contributed by atoms with Crippen molar-refractivity contribution < 1.29 is 18.6 Å². The molecule has 23 heavy (non-hydrogen) atoms. The van der Waals surface area contributed by atoms with Gasteiger partial charge in [0.25, 0.3) is 11.8 Å². The first-order valence-corrected chi connectivity index (χ1v) is 7.45. The first-order chi connectivity index (χ1) is 11.3. The highest BCUT2D eigenvalue weighted by Crippen LogP contribution is 2.33. The van der Waals surface area contributed by atoms with E-state index in [-0.39, 0.29) is 6.61 Å². The maximum Gasteiger partial charge on any atom is 0.254 e. The molecule has 0 amide bonds. The predicted octanol–water partition coefficient (Wildman–Crippen LogP) is 2.39. The summed E-state index contributed by atoms with van der Waals surface area (Å²) in [7, 11) is 1.63. The second-order valence-corrected chi connectivity index (χ2v) is 5.52. The van der Waals surface area contributed by atoms with Gasteiger partial charge in [-0.3, -0.25) is 0 Å². The summed E-state index contributed by atoms with van der Waals surface area (Å²) in [5, 5.41) is 9.22. The largest absolute Gasteiger partial charge is 0.484 e. The van der Waals surface area contributed by atoms with Crippen LogP contribution < -0.4 is 4.74 Å². The van der Waals surface area contributed by atoms with Gasteiger partial charge >= 0.3 is 0 Å². The van der Waals surface area contributed by atoms with Crippen LogP contribution in [0.5, 0.6) is 5.75 Å². The third-order valence-corrected chi connectivity index (χ3v) is 4.12. The average Bonchev–Trinajstić information content (AvgIpc) is 3.31. The summed E-state index contributed by atoms with van der Waals surface area (Å²) >= 11 is 0. The summed E-state index contributed by atoms with van der Waals surface area (Å²) in [4.78, 5) is 3.14. The molecule has 3 aromatic rings. The van der Waals surface area contributed by atoms with Crippen LogP contribution in [0.3, 0.4) is 0 Å². The monoisotopic (exact) mass is 315 g/mol. The lowest BCUT2D eigenvalue weighted by atomic mass is 10.0. The zero-order chi connectivity index (χ0) is 15.7. The fourth-order valence-corrected chi connectivity index (χ4v) is 2.73. The van der Waals surface area contributed by atoms with E-state index < -0.39 is 5.60 Å². The van der Waals surface area contributed by atoms with Crippen LogP contribution >= 0.6 is 0 Å². The number of benzene rings is 1. The van der Waals surface area contributed by atoms with Gasteiger partial charge < -0.3 is 23.6 Å². The van der Waals surface area contributed by atoms with Crippen molar-refractivity contribution in [3.63, 3.8) is 0 Å². The van der Waals surface area contributed by atoms with E-state index in [4.69, 9.17) is 18.6 Å². The number of methoxy groups -OCH3 is 1. The summed E-state index contributed by atoms with van der Waals surface area (Å²) < 4.78 is 22.4. The number of nitrogens with one attached hydrogen (secondary N) is 1. The van der Waals surface area contributed by atoms with Crippen molar-refractivity contribution in [2.45, 2.75) is 18.6 Å². The Labute approximate surface area is 132 Å². The van der Waals surface area contributed by atoms with Crippen molar-refractivity contribution in [1.82, 2.24) is 15.2 Å². The normalized spacial score (nSPS) is 21.1. The van der Waals surface area contributed by atoms with Gasteiger partial charge in [-0.05, 0) is 24.3 Å². The fourth-order valence-electron chi connectivity index (χ4n) is 2.73. The van der Waals surface area contributed by atoms with Gasteiger partial charge in [-0.2, -0.15) is 0 Å². The smallest absolute Gasteiger partial charge is 0.254 e. The number of nitrogens with zero attached hydrogens (tertiary/aromatic N) is 2. The highest BCUT2D eigenvalue weighted by atomic mass is 16.6. The Bertz CT molecular complexity index is 804. The number of aromatic amines is 1. The van der Waals surface area contributed by atoms with E-state index in [1.165, 1.54) is 0 Å². The summed E-state index contributed by atoms with van der Waals surface area (Å²) in [5.41, 5.74) is 0.440. The number of hydrogen-bond acceptors (Lipinski definition) is 6. The molecule has 7 heteroatoms. The number of fused-ring (bicyclic) bond motifs is 1. The first kappa shape index (κ1) is 14.2. The van der Waals surface area contributed by atoms with E-state index >= 15 is 0 Å². The van der Waals surface area contributed by atoms with Crippen LogP contribution in [-0.2, 0) is 21.7 Å². The molecule has 1 aliphatic heterocycles. The van der Waals surface area contributed by atoms with Crippen molar-refractivity contribution in [3.8, 4) is 5.75 Å². The van der Waals surface area contributed by atoms with Gasteiger partial charge in [-0.15, -0.1) is 10.2 Å². The molecule has 3 heterocycles. The van der Waals surface area contributed by atoms with Crippen LogP contribution in [0, 0.1) is 0 Å². The molecule has 1 atom stereocenters. The van der Waals surface area contributed by atoms with Crippen LogP contribution in [-0.4, -0.2) is 35.5 Å². The standard InChI is InChI=1S/C16H17N3O4/c1-20-16(5-7-21-10-16)15-19-18-14(23-15)9-22-12-2-3-13-11(8-12)4-6-17-13/h2-4,6,8,17H,5,7,9-10H2,1H3. The zero-order valence-electron chi connectivity index (χ0n) is 12.7. The van der Waals surface area contributed by atoms with E-state index in [0.717, 1.165) is 16.7 Å². The second-order valence-electron chi connectivity index (χ2n) is 5.52. The van der Waals surface area contributed by atoms with Crippen LogP contribution in [0.1, 0.15) is 18.2 Å². The molecule has 0 bridgehead atoms. The first-order valence-electron chi connectivity index (χ1n) is 7.45. The van der Waals surface area contributed by atoms with Gasteiger partial charge in [-0.25, -0.2) is 0 Å². The average molecular weight is 315 g/mol. The van der Waals surface area contributed by atoms with Crippen molar-refractivity contribution >= 4 is 10.9 Å². The molecular weight excluding hydrogens is 298 g/mol. The molecule has 7 nitrogen and oxygen atoms in total. The molecule has 1 aliphatic rings. The molecule has 2 aromatic heterocycles. The highest BCUT2D eigenvalue weighted by Gasteiger charge is 2.42. The Morgan fingerprint density at radius 3 is 3.09 bits per heavy atom. The topological polar surface area (TPSA) is 82.4 Å². The molecule has 120 valence electrons. The fraction of sp³-hybridized carbons (Fsp3) is 0.375. The van der Waals surface area contributed by atoms with Gasteiger partial charge in [0.15, 0.2) is 12.2 Å². The molecule has 0 aliphatic carbocycles. The van der Waals surface area contributed by atoms with E-state index in [9.17, 15) is 0 Å². The Kier molecular flexibility index (Phi) is 3.51. The molecule has 1 fully saturated rings. The molecule has 0 radical (unpaired) electrons. The van der Waals surface area contributed by atoms with Gasteiger partial charge in [0.1, 0.15) is 5.75 Å². The quantitative estimate of drug-likeness (QED) is 0.778. The minimum atomic E-state index is -0.630.